The molecular weight excluding hydrogens is 242 g/mol. The molecule has 0 amide bonds. The van der Waals surface area contributed by atoms with E-state index >= 15 is 0 Å². The van der Waals surface area contributed by atoms with Gasteiger partial charge in [0.05, 0.1) is 17.3 Å². The van der Waals surface area contributed by atoms with Gasteiger partial charge in [0.25, 0.3) is 5.56 Å². The van der Waals surface area contributed by atoms with E-state index in [9.17, 15) is 4.79 Å². The quantitative estimate of drug-likeness (QED) is 0.900. The largest absolute Gasteiger partial charge is 0.378 e. The Kier molecular flexibility index (Phi) is 3.51. The van der Waals surface area contributed by atoms with E-state index < -0.39 is 0 Å². The number of aromatic nitrogens is 3. The van der Waals surface area contributed by atoms with Crippen LogP contribution in [0.2, 0.25) is 5.02 Å². The molecule has 5 nitrogen and oxygen atoms in total. The highest BCUT2D eigenvalue weighted by Crippen LogP contribution is 2.20. The second kappa shape index (κ2) is 5.07. The lowest BCUT2D eigenvalue weighted by Crippen LogP contribution is -2.11. The highest BCUT2D eigenvalue weighted by Gasteiger charge is 2.08. The van der Waals surface area contributed by atoms with Gasteiger partial charge >= 0.3 is 0 Å². The van der Waals surface area contributed by atoms with Crippen molar-refractivity contribution in [3.63, 3.8) is 0 Å². The third kappa shape index (κ3) is 2.69. The van der Waals surface area contributed by atoms with E-state index in [4.69, 9.17) is 16.3 Å². The summed E-state index contributed by atoms with van der Waals surface area (Å²) < 4.78 is 4.94. The predicted molar refractivity (Wildman–Crippen MR) is 63.8 cm³/mol. The number of halogens is 1. The van der Waals surface area contributed by atoms with Gasteiger partial charge in [0, 0.05) is 19.4 Å². The molecule has 0 saturated heterocycles. The van der Waals surface area contributed by atoms with Crippen molar-refractivity contribution < 1.29 is 4.74 Å². The lowest BCUT2D eigenvalue weighted by atomic mass is 10.3. The molecule has 2 heterocycles. The van der Waals surface area contributed by atoms with Gasteiger partial charge in [0.1, 0.15) is 5.69 Å². The van der Waals surface area contributed by atoms with Crippen LogP contribution in [0, 0.1) is 0 Å². The number of nitrogens with zero attached hydrogens (tertiary/aromatic N) is 2. The maximum atomic E-state index is 11.4. The summed E-state index contributed by atoms with van der Waals surface area (Å²) in [5.74, 6) is 0.343. The van der Waals surface area contributed by atoms with Gasteiger partial charge in [0.15, 0.2) is 5.82 Å². The zero-order valence-electron chi connectivity index (χ0n) is 9.11. The van der Waals surface area contributed by atoms with Crippen molar-refractivity contribution in [2.75, 3.05) is 7.11 Å². The van der Waals surface area contributed by atoms with Gasteiger partial charge in [-0.15, -0.1) is 0 Å². The third-order valence-corrected chi connectivity index (χ3v) is 2.37. The molecule has 6 heteroatoms. The van der Waals surface area contributed by atoms with Crippen LogP contribution in [-0.4, -0.2) is 22.1 Å². The molecule has 0 atom stereocenters. The number of methoxy groups -OCH3 is 1. The van der Waals surface area contributed by atoms with E-state index in [1.54, 1.807) is 18.3 Å². The van der Waals surface area contributed by atoms with Crippen molar-refractivity contribution in [3.05, 3.63) is 45.5 Å². The number of nitrogens with one attached hydrogen (secondary N) is 1. The maximum absolute atomic E-state index is 11.4. The zero-order valence-corrected chi connectivity index (χ0v) is 9.86. The predicted octanol–water partition coefficient (Wildman–Crippen LogP) is 1.63. The highest BCUT2D eigenvalue weighted by atomic mass is 35.5. The van der Waals surface area contributed by atoms with Crippen LogP contribution < -0.4 is 5.56 Å². The molecule has 1 N–H and O–H groups in total. The van der Waals surface area contributed by atoms with Crippen molar-refractivity contribution in [2.24, 2.45) is 0 Å². The Morgan fingerprint density at radius 2 is 2.35 bits per heavy atom. The first kappa shape index (κ1) is 11.8. The fourth-order valence-electron chi connectivity index (χ4n) is 1.40. The van der Waals surface area contributed by atoms with Gasteiger partial charge in [-0.3, -0.25) is 9.78 Å². The molecule has 88 valence electrons. The molecule has 0 saturated carbocycles. The molecule has 0 aliphatic carbocycles. The van der Waals surface area contributed by atoms with Crippen LogP contribution in [0.5, 0.6) is 0 Å². The van der Waals surface area contributed by atoms with Crippen molar-refractivity contribution >= 4 is 11.6 Å². The molecule has 0 aliphatic heterocycles. The summed E-state index contributed by atoms with van der Waals surface area (Å²) in [6.07, 6.45) is 1.59. The minimum Gasteiger partial charge on any atom is -0.378 e. The fraction of sp³-hybridized carbons (Fsp3) is 0.182. The van der Waals surface area contributed by atoms with Gasteiger partial charge in [-0.1, -0.05) is 11.6 Å². The van der Waals surface area contributed by atoms with Crippen LogP contribution in [0.4, 0.5) is 0 Å². The molecule has 0 unspecified atom stereocenters. The summed E-state index contributed by atoms with van der Waals surface area (Å²) in [7, 11) is 1.54. The smallest absolute Gasteiger partial charge is 0.251 e. The summed E-state index contributed by atoms with van der Waals surface area (Å²) in [6, 6.07) is 4.78. The standard InChI is InChI=1S/C11H10ClN3O2/c1-17-6-7-5-9(16)15-11(14-7)10-8(12)3-2-4-13-10/h2-5H,6H2,1H3,(H,14,15,16). The molecule has 2 aromatic heterocycles. The summed E-state index contributed by atoms with van der Waals surface area (Å²) in [4.78, 5) is 22.4. The van der Waals surface area contributed by atoms with E-state index in [-0.39, 0.29) is 12.2 Å². The topological polar surface area (TPSA) is 67.9 Å². The van der Waals surface area contributed by atoms with E-state index in [1.807, 2.05) is 0 Å². The molecule has 2 aromatic rings. The van der Waals surface area contributed by atoms with Gasteiger partial charge in [-0.25, -0.2) is 4.98 Å². The van der Waals surface area contributed by atoms with Gasteiger partial charge in [-0.2, -0.15) is 0 Å². The normalized spacial score (nSPS) is 10.5. The van der Waals surface area contributed by atoms with Crippen LogP contribution in [0.1, 0.15) is 5.69 Å². The first-order chi connectivity index (χ1) is 8.20. The first-order valence-corrected chi connectivity index (χ1v) is 5.28. The van der Waals surface area contributed by atoms with Crippen LogP contribution in [0.3, 0.4) is 0 Å². The Bertz CT molecular complexity index is 583. The van der Waals surface area contributed by atoms with Crippen LogP contribution in [0.15, 0.2) is 29.2 Å². The number of ether oxygens (including phenoxy) is 1. The number of hydrogen-bond acceptors (Lipinski definition) is 4. The van der Waals surface area contributed by atoms with Gasteiger partial charge < -0.3 is 9.72 Å². The Labute approximate surface area is 102 Å². The average molecular weight is 252 g/mol. The van der Waals surface area contributed by atoms with E-state index in [0.29, 0.717) is 22.2 Å². The summed E-state index contributed by atoms with van der Waals surface area (Å²) in [6.45, 7) is 0.265. The molecule has 2 rings (SSSR count). The zero-order chi connectivity index (χ0) is 12.3. The molecule has 17 heavy (non-hydrogen) atoms. The monoisotopic (exact) mass is 251 g/mol. The highest BCUT2D eigenvalue weighted by molar-refractivity contribution is 6.32. The Hall–Kier alpha value is -1.72. The summed E-state index contributed by atoms with van der Waals surface area (Å²) >= 11 is 5.98. The molecule has 0 bridgehead atoms. The molecule has 0 aliphatic rings. The Balaban J connectivity index is 2.52. The van der Waals surface area contributed by atoms with E-state index in [0.717, 1.165) is 0 Å². The summed E-state index contributed by atoms with van der Waals surface area (Å²) in [5.41, 5.74) is 0.723. The SMILES string of the molecule is COCc1cc(=O)[nH]c(-c2ncccc2Cl)n1. The fourth-order valence-corrected chi connectivity index (χ4v) is 1.61. The van der Waals surface area contributed by atoms with Crippen LogP contribution >= 0.6 is 11.6 Å². The molecular formula is C11H10ClN3O2. The average Bonchev–Trinajstić information content (AvgIpc) is 2.29. The number of rotatable bonds is 3. The van der Waals surface area contributed by atoms with Crippen molar-refractivity contribution in [2.45, 2.75) is 6.61 Å². The van der Waals surface area contributed by atoms with Gasteiger partial charge in [-0.05, 0) is 12.1 Å². The Morgan fingerprint density at radius 3 is 3.06 bits per heavy atom. The number of H-pyrrole nitrogens is 1. The van der Waals surface area contributed by atoms with Crippen LogP contribution in [0.25, 0.3) is 11.5 Å². The van der Waals surface area contributed by atoms with E-state index in [1.165, 1.54) is 13.2 Å². The minimum atomic E-state index is -0.260. The first-order valence-electron chi connectivity index (χ1n) is 4.91. The van der Waals surface area contributed by atoms with Crippen molar-refractivity contribution in [1.29, 1.82) is 0 Å². The lowest BCUT2D eigenvalue weighted by Gasteiger charge is -2.04. The molecule has 0 radical (unpaired) electrons. The number of pyridine rings is 1. The number of hydrogen-bond donors (Lipinski definition) is 1. The third-order valence-electron chi connectivity index (χ3n) is 2.07. The lowest BCUT2D eigenvalue weighted by molar-refractivity contribution is 0.181. The second-order valence-corrected chi connectivity index (χ2v) is 3.76. The Morgan fingerprint density at radius 1 is 1.53 bits per heavy atom. The van der Waals surface area contributed by atoms with Crippen molar-refractivity contribution in [1.82, 2.24) is 15.0 Å². The number of aromatic amines is 1. The molecule has 0 aromatic carbocycles. The molecule has 0 fully saturated rings. The van der Waals surface area contributed by atoms with Crippen LogP contribution in [-0.2, 0) is 11.3 Å². The minimum absolute atomic E-state index is 0.260. The van der Waals surface area contributed by atoms with E-state index in [2.05, 4.69) is 15.0 Å². The summed E-state index contributed by atoms with van der Waals surface area (Å²) in [5, 5.41) is 0.435. The molecule has 0 spiro atoms. The van der Waals surface area contributed by atoms with Crippen molar-refractivity contribution in [3.8, 4) is 11.5 Å². The maximum Gasteiger partial charge on any atom is 0.251 e. The van der Waals surface area contributed by atoms with Gasteiger partial charge in [0.2, 0.25) is 0 Å². The second-order valence-electron chi connectivity index (χ2n) is 3.35.